The molecule has 0 bridgehead atoms. The first-order chi connectivity index (χ1) is 12.1. The van der Waals surface area contributed by atoms with Gasteiger partial charge in [-0.3, -0.25) is 9.88 Å². The highest BCUT2D eigenvalue weighted by Gasteiger charge is 2.60. The van der Waals surface area contributed by atoms with E-state index < -0.39 is 0 Å². The number of carbonyl (C=O) groups is 1. The predicted octanol–water partition coefficient (Wildman–Crippen LogP) is 1.72. The molecule has 3 aliphatic rings. The summed E-state index contributed by atoms with van der Waals surface area (Å²) >= 11 is 0. The summed E-state index contributed by atoms with van der Waals surface area (Å²) in [4.78, 5) is 21.4. The van der Waals surface area contributed by atoms with Crippen molar-refractivity contribution in [2.75, 3.05) is 32.8 Å². The fourth-order valence-electron chi connectivity index (χ4n) is 4.67. The molecule has 136 valence electrons. The molecule has 3 heterocycles. The van der Waals surface area contributed by atoms with Crippen LogP contribution in [-0.4, -0.2) is 65.7 Å². The lowest BCUT2D eigenvalue weighted by Gasteiger charge is -2.55. The summed E-state index contributed by atoms with van der Waals surface area (Å²) in [5.41, 5.74) is 1.13. The molecule has 1 N–H and O–H groups in total. The van der Waals surface area contributed by atoms with E-state index in [0.717, 1.165) is 51.4 Å². The SMILES string of the molecule is CC1(C)C(NC(=O)N2CCN(Cc3ccccn3)CC2)C2CCOC21. The van der Waals surface area contributed by atoms with Crippen LogP contribution >= 0.6 is 0 Å². The molecule has 1 aromatic heterocycles. The van der Waals surface area contributed by atoms with Crippen molar-refractivity contribution in [3.63, 3.8) is 0 Å². The third-order valence-electron chi connectivity index (χ3n) is 6.15. The largest absolute Gasteiger partial charge is 0.377 e. The van der Waals surface area contributed by atoms with E-state index in [1.54, 1.807) is 0 Å². The average molecular weight is 344 g/mol. The molecule has 2 saturated heterocycles. The van der Waals surface area contributed by atoms with Gasteiger partial charge in [-0.05, 0) is 18.6 Å². The van der Waals surface area contributed by atoms with Gasteiger partial charge >= 0.3 is 6.03 Å². The van der Waals surface area contributed by atoms with Crippen molar-refractivity contribution >= 4 is 6.03 Å². The summed E-state index contributed by atoms with van der Waals surface area (Å²) in [6.07, 6.45) is 3.21. The molecule has 3 fully saturated rings. The Morgan fingerprint density at radius 2 is 2.12 bits per heavy atom. The molecule has 1 aromatic rings. The number of rotatable bonds is 3. The lowest BCUT2D eigenvalue weighted by Crippen LogP contribution is -2.68. The van der Waals surface area contributed by atoms with Crippen molar-refractivity contribution < 1.29 is 9.53 Å². The van der Waals surface area contributed by atoms with Gasteiger partial charge in [0, 0.05) is 62.9 Å². The van der Waals surface area contributed by atoms with Gasteiger partial charge in [0.1, 0.15) is 0 Å². The Hall–Kier alpha value is -1.66. The van der Waals surface area contributed by atoms with Crippen molar-refractivity contribution in [3.8, 4) is 0 Å². The molecule has 2 aliphatic heterocycles. The van der Waals surface area contributed by atoms with E-state index in [1.807, 2.05) is 23.2 Å². The Morgan fingerprint density at radius 1 is 1.32 bits per heavy atom. The molecule has 3 unspecified atom stereocenters. The van der Waals surface area contributed by atoms with E-state index in [2.05, 4.69) is 35.1 Å². The van der Waals surface area contributed by atoms with E-state index in [4.69, 9.17) is 4.74 Å². The first kappa shape index (κ1) is 16.8. The van der Waals surface area contributed by atoms with Gasteiger partial charge in [-0.25, -0.2) is 4.79 Å². The Labute approximate surface area is 149 Å². The minimum absolute atomic E-state index is 0.0393. The number of aromatic nitrogens is 1. The van der Waals surface area contributed by atoms with Crippen LogP contribution in [0.1, 0.15) is 26.0 Å². The highest BCUT2D eigenvalue weighted by molar-refractivity contribution is 5.75. The third-order valence-corrected chi connectivity index (χ3v) is 6.15. The summed E-state index contributed by atoms with van der Waals surface area (Å²) in [7, 11) is 0. The van der Waals surface area contributed by atoms with E-state index in [0.29, 0.717) is 12.0 Å². The highest BCUT2D eigenvalue weighted by Crippen LogP contribution is 2.52. The van der Waals surface area contributed by atoms with Gasteiger partial charge < -0.3 is 15.0 Å². The second kappa shape index (κ2) is 6.57. The first-order valence-electron chi connectivity index (χ1n) is 9.35. The third kappa shape index (κ3) is 3.13. The van der Waals surface area contributed by atoms with Crippen molar-refractivity contribution in [2.24, 2.45) is 11.3 Å². The van der Waals surface area contributed by atoms with Crippen molar-refractivity contribution in [1.29, 1.82) is 0 Å². The quantitative estimate of drug-likeness (QED) is 0.907. The maximum atomic E-state index is 12.7. The van der Waals surface area contributed by atoms with E-state index in [9.17, 15) is 4.79 Å². The van der Waals surface area contributed by atoms with Crippen molar-refractivity contribution in [1.82, 2.24) is 20.1 Å². The average Bonchev–Trinajstić information content (AvgIpc) is 3.08. The summed E-state index contributed by atoms with van der Waals surface area (Å²) in [5, 5.41) is 3.29. The molecule has 6 nitrogen and oxygen atoms in total. The van der Waals surface area contributed by atoms with Crippen LogP contribution in [0.25, 0.3) is 0 Å². The summed E-state index contributed by atoms with van der Waals surface area (Å²) < 4.78 is 5.82. The van der Waals surface area contributed by atoms with Crippen molar-refractivity contribution in [3.05, 3.63) is 30.1 Å². The van der Waals surface area contributed by atoms with Crippen LogP contribution in [0.4, 0.5) is 4.79 Å². The molecule has 3 atom stereocenters. The minimum Gasteiger partial charge on any atom is -0.377 e. The molecule has 0 spiro atoms. The molecular formula is C19H28N4O2. The molecular weight excluding hydrogens is 316 g/mol. The summed E-state index contributed by atoms with van der Waals surface area (Å²) in [6.45, 7) is 9.43. The molecule has 1 saturated carbocycles. The number of fused-ring (bicyclic) bond motifs is 1. The Balaban J connectivity index is 1.27. The van der Waals surface area contributed by atoms with E-state index in [1.165, 1.54) is 0 Å². The second-order valence-electron chi connectivity index (χ2n) is 8.08. The van der Waals surface area contributed by atoms with Crippen LogP contribution < -0.4 is 5.32 Å². The number of pyridine rings is 1. The molecule has 2 amide bonds. The topological polar surface area (TPSA) is 57.7 Å². The maximum absolute atomic E-state index is 12.7. The van der Waals surface area contributed by atoms with E-state index in [-0.39, 0.29) is 17.5 Å². The first-order valence-corrected chi connectivity index (χ1v) is 9.35. The monoisotopic (exact) mass is 344 g/mol. The van der Waals surface area contributed by atoms with Crippen LogP contribution in [0, 0.1) is 11.3 Å². The standard InChI is InChI=1S/C19H28N4O2/c1-19(2)16(15-6-12-25-17(15)19)21-18(24)23-10-8-22(9-11-23)13-14-5-3-4-7-20-14/h3-5,7,15-17H,6,8-13H2,1-2H3,(H,21,24). The number of amides is 2. The summed E-state index contributed by atoms with van der Waals surface area (Å²) in [6, 6.07) is 6.33. The van der Waals surface area contributed by atoms with E-state index >= 15 is 0 Å². The maximum Gasteiger partial charge on any atom is 0.317 e. The smallest absolute Gasteiger partial charge is 0.317 e. The molecule has 0 aromatic carbocycles. The zero-order chi connectivity index (χ0) is 17.4. The highest BCUT2D eigenvalue weighted by atomic mass is 16.5. The Morgan fingerprint density at radius 3 is 2.84 bits per heavy atom. The minimum atomic E-state index is 0.0393. The zero-order valence-corrected chi connectivity index (χ0v) is 15.1. The predicted molar refractivity (Wildman–Crippen MR) is 95.0 cm³/mol. The van der Waals surface area contributed by atoms with Gasteiger partial charge in [0.25, 0.3) is 0 Å². The van der Waals surface area contributed by atoms with Gasteiger partial charge in [0.2, 0.25) is 0 Å². The number of hydrogen-bond acceptors (Lipinski definition) is 4. The molecule has 6 heteroatoms. The van der Waals surface area contributed by atoms with Crippen LogP contribution in [-0.2, 0) is 11.3 Å². The fraction of sp³-hybridized carbons (Fsp3) is 0.684. The van der Waals surface area contributed by atoms with Gasteiger partial charge in [-0.1, -0.05) is 19.9 Å². The fourth-order valence-corrected chi connectivity index (χ4v) is 4.67. The van der Waals surface area contributed by atoms with Crippen LogP contribution in [0.3, 0.4) is 0 Å². The number of piperazine rings is 1. The number of nitrogens with zero attached hydrogens (tertiary/aromatic N) is 3. The Bertz CT molecular complexity index is 613. The number of ether oxygens (including phenoxy) is 1. The van der Waals surface area contributed by atoms with Gasteiger partial charge in [-0.15, -0.1) is 0 Å². The molecule has 25 heavy (non-hydrogen) atoms. The lowest BCUT2D eigenvalue weighted by atomic mass is 9.57. The lowest BCUT2D eigenvalue weighted by molar-refractivity contribution is -0.109. The van der Waals surface area contributed by atoms with Gasteiger partial charge in [0.05, 0.1) is 11.8 Å². The molecule has 0 radical (unpaired) electrons. The van der Waals surface area contributed by atoms with Crippen LogP contribution in [0.15, 0.2) is 24.4 Å². The zero-order valence-electron chi connectivity index (χ0n) is 15.1. The van der Waals surface area contributed by atoms with Crippen LogP contribution in [0.2, 0.25) is 0 Å². The second-order valence-corrected chi connectivity index (χ2v) is 8.08. The number of urea groups is 1. The van der Waals surface area contributed by atoms with Crippen molar-refractivity contribution in [2.45, 2.75) is 39.0 Å². The van der Waals surface area contributed by atoms with Gasteiger partial charge in [-0.2, -0.15) is 0 Å². The normalized spacial score (nSPS) is 31.3. The summed E-state index contributed by atoms with van der Waals surface area (Å²) in [5.74, 6) is 0.490. The van der Waals surface area contributed by atoms with Crippen LogP contribution in [0.5, 0.6) is 0 Å². The van der Waals surface area contributed by atoms with Gasteiger partial charge in [0.15, 0.2) is 0 Å². The number of hydrogen-bond donors (Lipinski definition) is 1. The molecule has 1 aliphatic carbocycles. The number of nitrogens with one attached hydrogen (secondary N) is 1. The molecule has 4 rings (SSSR count). The Kier molecular flexibility index (Phi) is 4.41. The number of carbonyl (C=O) groups excluding carboxylic acids is 1.